The normalized spacial score (nSPS) is 13.9. The first-order chi connectivity index (χ1) is 10.0. The maximum Gasteiger partial charge on any atom is 0.0549 e. The Bertz CT molecular complexity index is 657. The average molecular weight is 322 g/mol. The molecule has 4 heteroatoms. The van der Waals surface area contributed by atoms with E-state index in [4.69, 9.17) is 11.6 Å². The fourth-order valence-electron chi connectivity index (χ4n) is 2.32. The van der Waals surface area contributed by atoms with E-state index in [2.05, 4.69) is 37.4 Å². The average Bonchev–Trinajstić information content (AvgIpc) is 2.47. The summed E-state index contributed by atoms with van der Waals surface area (Å²) in [7, 11) is 0.818. The molecule has 0 aliphatic heterocycles. The lowest BCUT2D eigenvalue weighted by atomic mass is 10.0. The zero-order valence-corrected chi connectivity index (χ0v) is 14.1. The highest BCUT2D eigenvalue weighted by molar-refractivity contribution is 7.85. The number of hydrogen-bond donors (Lipinski definition) is 1. The monoisotopic (exact) mass is 321 g/mol. The molecule has 2 atom stereocenters. The summed E-state index contributed by atoms with van der Waals surface area (Å²) >= 11 is 5.97. The molecule has 0 aliphatic rings. The summed E-state index contributed by atoms with van der Waals surface area (Å²) in [6.07, 6.45) is 0. The van der Waals surface area contributed by atoms with Gasteiger partial charge >= 0.3 is 0 Å². The van der Waals surface area contributed by atoms with Crippen molar-refractivity contribution < 1.29 is 4.21 Å². The van der Waals surface area contributed by atoms with Crippen molar-refractivity contribution in [2.45, 2.75) is 24.8 Å². The maximum atomic E-state index is 12.5. The van der Waals surface area contributed by atoms with E-state index in [0.717, 1.165) is 4.90 Å². The lowest BCUT2D eigenvalue weighted by molar-refractivity contribution is 0.633. The molecule has 0 saturated carbocycles. The smallest absolute Gasteiger partial charge is 0.0549 e. The van der Waals surface area contributed by atoms with Crippen LogP contribution in [0.2, 0.25) is 5.02 Å². The van der Waals surface area contributed by atoms with Crippen LogP contribution in [0.4, 0.5) is 0 Å². The standard InChI is InChI=1S/C17H20ClNOS/c1-12-7-8-13(2)16(9-12)17(19-3)11-21(20)15-6-4-5-14(18)10-15/h4-10,17,19H,11H2,1-3H3. The summed E-state index contributed by atoms with van der Waals surface area (Å²) in [5.41, 5.74) is 3.63. The number of hydrogen-bond acceptors (Lipinski definition) is 2. The SMILES string of the molecule is CNC(CS(=O)c1cccc(Cl)c1)c1cc(C)ccc1C. The minimum atomic E-state index is -1.09. The third kappa shape index (κ3) is 4.16. The Morgan fingerprint density at radius 1 is 1.19 bits per heavy atom. The van der Waals surface area contributed by atoms with Gasteiger partial charge in [0.25, 0.3) is 0 Å². The minimum absolute atomic E-state index is 0.0599. The highest BCUT2D eigenvalue weighted by atomic mass is 35.5. The van der Waals surface area contributed by atoms with Crippen LogP contribution in [0.1, 0.15) is 22.7 Å². The van der Waals surface area contributed by atoms with Crippen LogP contribution in [-0.2, 0) is 10.8 Å². The lowest BCUT2D eigenvalue weighted by Crippen LogP contribution is -2.23. The molecule has 2 unspecified atom stereocenters. The first-order valence-electron chi connectivity index (χ1n) is 6.89. The summed E-state index contributed by atoms with van der Waals surface area (Å²) in [6.45, 7) is 4.16. The molecular formula is C17H20ClNOS. The Balaban J connectivity index is 2.23. The first kappa shape index (κ1) is 16.2. The van der Waals surface area contributed by atoms with Crippen LogP contribution in [0.15, 0.2) is 47.4 Å². The van der Waals surface area contributed by atoms with E-state index in [-0.39, 0.29) is 6.04 Å². The van der Waals surface area contributed by atoms with Gasteiger partial charge in [-0.15, -0.1) is 0 Å². The quantitative estimate of drug-likeness (QED) is 0.901. The largest absolute Gasteiger partial charge is 0.312 e. The van der Waals surface area contributed by atoms with E-state index in [0.29, 0.717) is 10.8 Å². The van der Waals surface area contributed by atoms with Crippen molar-refractivity contribution in [3.05, 3.63) is 64.2 Å². The number of nitrogens with one attached hydrogen (secondary N) is 1. The molecule has 0 spiro atoms. The first-order valence-corrected chi connectivity index (χ1v) is 8.59. The molecule has 0 aliphatic carbocycles. The molecule has 0 saturated heterocycles. The second-order valence-electron chi connectivity index (χ2n) is 5.17. The minimum Gasteiger partial charge on any atom is -0.312 e. The molecule has 1 N–H and O–H groups in total. The molecule has 0 radical (unpaired) electrons. The second-order valence-corrected chi connectivity index (χ2v) is 7.10. The molecule has 0 amide bonds. The molecule has 2 aromatic carbocycles. The molecule has 2 aromatic rings. The Hall–Kier alpha value is -1.16. The Morgan fingerprint density at radius 2 is 1.95 bits per heavy atom. The number of benzene rings is 2. The molecule has 0 heterocycles. The Kier molecular flexibility index (Phi) is 5.57. The van der Waals surface area contributed by atoms with E-state index in [1.165, 1.54) is 16.7 Å². The van der Waals surface area contributed by atoms with Crippen LogP contribution in [0, 0.1) is 13.8 Å². The van der Waals surface area contributed by atoms with Crippen LogP contribution < -0.4 is 5.32 Å². The predicted molar refractivity (Wildman–Crippen MR) is 90.4 cm³/mol. The molecule has 112 valence electrons. The predicted octanol–water partition coefficient (Wildman–Crippen LogP) is 4.03. The van der Waals surface area contributed by atoms with Crippen molar-refractivity contribution in [1.82, 2.24) is 5.32 Å². The van der Waals surface area contributed by atoms with E-state index >= 15 is 0 Å². The van der Waals surface area contributed by atoms with E-state index in [1.807, 2.05) is 19.2 Å². The van der Waals surface area contributed by atoms with Gasteiger partial charge in [-0.25, -0.2) is 0 Å². The molecule has 0 fully saturated rings. The zero-order chi connectivity index (χ0) is 15.4. The second kappa shape index (κ2) is 7.21. The molecule has 2 nitrogen and oxygen atoms in total. The summed E-state index contributed by atoms with van der Waals surface area (Å²) in [5, 5.41) is 3.89. The van der Waals surface area contributed by atoms with Crippen LogP contribution in [-0.4, -0.2) is 17.0 Å². The van der Waals surface area contributed by atoms with Crippen LogP contribution in [0.3, 0.4) is 0 Å². The van der Waals surface area contributed by atoms with Gasteiger partial charge in [0.05, 0.1) is 10.8 Å². The summed E-state index contributed by atoms with van der Waals surface area (Å²) in [4.78, 5) is 0.771. The number of aryl methyl sites for hydroxylation is 2. The van der Waals surface area contributed by atoms with Crippen molar-refractivity contribution in [2.75, 3.05) is 12.8 Å². The summed E-state index contributed by atoms with van der Waals surface area (Å²) in [5.74, 6) is 0.529. The van der Waals surface area contributed by atoms with Crippen LogP contribution >= 0.6 is 11.6 Å². The zero-order valence-electron chi connectivity index (χ0n) is 12.5. The van der Waals surface area contributed by atoms with Gasteiger partial charge in [0, 0.05) is 21.7 Å². The summed E-state index contributed by atoms with van der Waals surface area (Å²) < 4.78 is 12.5. The van der Waals surface area contributed by atoms with Crippen molar-refractivity contribution in [1.29, 1.82) is 0 Å². The van der Waals surface area contributed by atoms with Gasteiger partial charge in [0.15, 0.2) is 0 Å². The highest BCUT2D eigenvalue weighted by Gasteiger charge is 2.16. The third-order valence-corrected chi connectivity index (χ3v) is 5.19. The topological polar surface area (TPSA) is 29.1 Å². The molecular weight excluding hydrogens is 302 g/mol. The van der Waals surface area contributed by atoms with E-state index in [1.54, 1.807) is 12.1 Å². The van der Waals surface area contributed by atoms with Crippen molar-refractivity contribution in [2.24, 2.45) is 0 Å². The molecule has 0 bridgehead atoms. The highest BCUT2D eigenvalue weighted by Crippen LogP contribution is 2.22. The van der Waals surface area contributed by atoms with Gasteiger partial charge in [0.1, 0.15) is 0 Å². The third-order valence-electron chi connectivity index (χ3n) is 3.54. The summed E-state index contributed by atoms with van der Waals surface area (Å²) in [6, 6.07) is 13.7. The van der Waals surface area contributed by atoms with Crippen LogP contribution in [0.5, 0.6) is 0 Å². The fraction of sp³-hybridized carbons (Fsp3) is 0.294. The van der Waals surface area contributed by atoms with Gasteiger partial charge in [-0.05, 0) is 50.2 Å². The van der Waals surface area contributed by atoms with E-state index < -0.39 is 10.8 Å². The van der Waals surface area contributed by atoms with Crippen molar-refractivity contribution >= 4 is 22.4 Å². The van der Waals surface area contributed by atoms with Crippen LogP contribution in [0.25, 0.3) is 0 Å². The van der Waals surface area contributed by atoms with Crippen molar-refractivity contribution in [3.63, 3.8) is 0 Å². The number of rotatable bonds is 5. The van der Waals surface area contributed by atoms with Gasteiger partial charge in [0.2, 0.25) is 0 Å². The molecule has 2 rings (SSSR count). The van der Waals surface area contributed by atoms with Gasteiger partial charge in [-0.3, -0.25) is 4.21 Å². The maximum absolute atomic E-state index is 12.5. The lowest BCUT2D eigenvalue weighted by Gasteiger charge is -2.19. The number of halogens is 1. The Morgan fingerprint density at radius 3 is 2.62 bits per heavy atom. The molecule has 21 heavy (non-hydrogen) atoms. The molecule has 0 aromatic heterocycles. The fourth-order valence-corrected chi connectivity index (χ4v) is 3.91. The van der Waals surface area contributed by atoms with Gasteiger partial charge in [-0.2, -0.15) is 0 Å². The Labute approximate surface area is 134 Å². The van der Waals surface area contributed by atoms with Gasteiger partial charge in [-0.1, -0.05) is 41.4 Å². The van der Waals surface area contributed by atoms with E-state index in [9.17, 15) is 4.21 Å². The van der Waals surface area contributed by atoms with Gasteiger partial charge < -0.3 is 5.32 Å². The van der Waals surface area contributed by atoms with Crippen molar-refractivity contribution in [3.8, 4) is 0 Å².